The van der Waals surface area contributed by atoms with Crippen molar-refractivity contribution < 1.29 is 12.8 Å². The molecule has 0 radical (unpaired) electrons. The average molecular weight is 323 g/mol. The van der Waals surface area contributed by atoms with Gasteiger partial charge in [0, 0.05) is 5.69 Å². The van der Waals surface area contributed by atoms with Gasteiger partial charge in [0.25, 0.3) is 0 Å². The van der Waals surface area contributed by atoms with Crippen LogP contribution in [0.4, 0.5) is 21.6 Å². The van der Waals surface area contributed by atoms with Crippen molar-refractivity contribution in [3.63, 3.8) is 0 Å². The van der Waals surface area contributed by atoms with Crippen LogP contribution in [0.1, 0.15) is 19.8 Å². The molecule has 0 atom stereocenters. The fraction of sp³-hybridized carbons (Fsp3) is 0.267. The van der Waals surface area contributed by atoms with E-state index in [0.29, 0.717) is 23.6 Å². The van der Waals surface area contributed by atoms with Gasteiger partial charge in [-0.15, -0.1) is 0 Å². The Balaban J connectivity index is 1.99. The maximum absolute atomic E-state index is 12.8. The molecule has 0 spiro atoms. The number of sulfonamides is 1. The lowest BCUT2D eigenvalue weighted by Crippen LogP contribution is -2.16. The Morgan fingerprint density at radius 3 is 2.36 bits per heavy atom. The van der Waals surface area contributed by atoms with Crippen molar-refractivity contribution in [3.05, 3.63) is 48.4 Å². The number of unbranched alkanes of at least 4 members (excludes halogenated alkanes) is 1. The van der Waals surface area contributed by atoms with Gasteiger partial charge >= 0.3 is 0 Å². The van der Waals surface area contributed by atoms with Crippen molar-refractivity contribution in [1.82, 2.24) is 4.98 Å². The number of nitrogens with zero attached hydrogens (tertiary/aromatic N) is 1. The summed E-state index contributed by atoms with van der Waals surface area (Å²) in [7, 11) is -3.33. The lowest BCUT2D eigenvalue weighted by Gasteiger charge is -2.09. The Morgan fingerprint density at radius 1 is 1.09 bits per heavy atom. The Morgan fingerprint density at radius 2 is 1.77 bits per heavy atom. The summed E-state index contributed by atoms with van der Waals surface area (Å²) in [6, 6.07) is 9.16. The molecule has 0 aliphatic heterocycles. The molecule has 0 unspecified atom stereocenters. The molecule has 2 rings (SSSR count). The van der Waals surface area contributed by atoms with E-state index in [1.807, 2.05) is 6.92 Å². The Hall–Kier alpha value is -2.15. The molecule has 22 heavy (non-hydrogen) atoms. The van der Waals surface area contributed by atoms with E-state index in [9.17, 15) is 12.8 Å². The van der Waals surface area contributed by atoms with Gasteiger partial charge in [-0.1, -0.05) is 13.3 Å². The van der Waals surface area contributed by atoms with E-state index >= 15 is 0 Å². The molecular weight excluding hydrogens is 305 g/mol. The molecule has 2 N–H and O–H groups in total. The molecular formula is C15H18FN3O2S. The standard InChI is InChI=1S/C15H18FN3O2S/c1-2-3-10-22(20,21)19-14-8-9-15(17-11-14)18-13-6-4-12(16)5-7-13/h4-9,11,19H,2-3,10H2,1H3,(H,17,18). The monoisotopic (exact) mass is 323 g/mol. The van der Waals surface area contributed by atoms with E-state index in [1.165, 1.54) is 18.3 Å². The molecule has 0 bridgehead atoms. The minimum absolute atomic E-state index is 0.0963. The first-order chi connectivity index (χ1) is 10.5. The largest absolute Gasteiger partial charge is 0.340 e. The Bertz CT molecular complexity index is 701. The van der Waals surface area contributed by atoms with Gasteiger partial charge in [0.2, 0.25) is 10.0 Å². The summed E-state index contributed by atoms with van der Waals surface area (Å²) in [6.07, 6.45) is 2.88. The molecule has 0 amide bonds. The highest BCUT2D eigenvalue weighted by molar-refractivity contribution is 7.92. The second-order valence-electron chi connectivity index (χ2n) is 4.84. The van der Waals surface area contributed by atoms with Crippen LogP contribution in [-0.2, 0) is 10.0 Å². The maximum Gasteiger partial charge on any atom is 0.232 e. The molecule has 118 valence electrons. The third kappa shape index (κ3) is 5.00. The van der Waals surface area contributed by atoms with Crippen LogP contribution in [0, 0.1) is 5.82 Å². The van der Waals surface area contributed by atoms with Gasteiger partial charge in [0.15, 0.2) is 0 Å². The number of nitrogens with one attached hydrogen (secondary N) is 2. The zero-order chi connectivity index (χ0) is 16.0. The maximum atomic E-state index is 12.8. The summed E-state index contributed by atoms with van der Waals surface area (Å²) in [5.41, 5.74) is 1.12. The molecule has 0 saturated heterocycles. The van der Waals surface area contributed by atoms with Gasteiger partial charge in [0.05, 0.1) is 17.6 Å². The van der Waals surface area contributed by atoms with Crippen LogP contribution in [0.15, 0.2) is 42.6 Å². The fourth-order valence-electron chi connectivity index (χ4n) is 1.77. The molecule has 0 fully saturated rings. The number of aromatic nitrogens is 1. The quantitative estimate of drug-likeness (QED) is 0.818. The number of hydrogen-bond donors (Lipinski definition) is 2. The molecule has 5 nitrogen and oxygen atoms in total. The lowest BCUT2D eigenvalue weighted by molar-refractivity contribution is 0.598. The zero-order valence-corrected chi connectivity index (χ0v) is 13.0. The van der Waals surface area contributed by atoms with Crippen molar-refractivity contribution in [2.75, 3.05) is 15.8 Å². The van der Waals surface area contributed by atoms with E-state index < -0.39 is 10.0 Å². The Labute approximate surface area is 129 Å². The fourth-order valence-corrected chi connectivity index (χ4v) is 3.02. The van der Waals surface area contributed by atoms with Crippen LogP contribution >= 0.6 is 0 Å². The number of rotatable bonds is 7. The first kappa shape index (κ1) is 16.2. The molecule has 1 heterocycles. The summed E-state index contributed by atoms with van der Waals surface area (Å²) in [5, 5.41) is 3.00. The van der Waals surface area contributed by atoms with Crippen molar-refractivity contribution in [1.29, 1.82) is 0 Å². The number of benzene rings is 1. The van der Waals surface area contributed by atoms with Gasteiger partial charge in [-0.3, -0.25) is 4.72 Å². The van der Waals surface area contributed by atoms with Crippen LogP contribution < -0.4 is 10.0 Å². The van der Waals surface area contributed by atoms with Crippen LogP contribution in [0.5, 0.6) is 0 Å². The van der Waals surface area contributed by atoms with Gasteiger partial charge < -0.3 is 5.32 Å². The molecule has 0 aliphatic carbocycles. The predicted molar refractivity (Wildman–Crippen MR) is 86.2 cm³/mol. The van der Waals surface area contributed by atoms with E-state index in [0.717, 1.165) is 6.42 Å². The van der Waals surface area contributed by atoms with Crippen LogP contribution in [0.25, 0.3) is 0 Å². The van der Waals surface area contributed by atoms with Crippen molar-refractivity contribution >= 4 is 27.2 Å². The minimum Gasteiger partial charge on any atom is -0.340 e. The molecule has 0 saturated carbocycles. The van der Waals surface area contributed by atoms with Gasteiger partial charge in [0.1, 0.15) is 11.6 Å². The summed E-state index contributed by atoms with van der Waals surface area (Å²) < 4.78 is 38.9. The SMILES string of the molecule is CCCCS(=O)(=O)Nc1ccc(Nc2ccc(F)cc2)nc1. The average Bonchev–Trinajstić information content (AvgIpc) is 2.49. The molecule has 1 aromatic carbocycles. The first-order valence-corrected chi connectivity index (χ1v) is 8.63. The highest BCUT2D eigenvalue weighted by atomic mass is 32.2. The molecule has 1 aromatic heterocycles. The predicted octanol–water partition coefficient (Wildman–Crippen LogP) is 3.51. The van der Waals surface area contributed by atoms with Crippen molar-refractivity contribution in [2.45, 2.75) is 19.8 Å². The Kier molecular flexibility index (Phi) is 5.32. The second kappa shape index (κ2) is 7.22. The topological polar surface area (TPSA) is 71.1 Å². The lowest BCUT2D eigenvalue weighted by atomic mass is 10.3. The normalized spacial score (nSPS) is 11.2. The zero-order valence-electron chi connectivity index (χ0n) is 12.2. The van der Waals surface area contributed by atoms with E-state index in [2.05, 4.69) is 15.0 Å². The van der Waals surface area contributed by atoms with Gasteiger partial charge in [-0.05, 0) is 42.8 Å². The molecule has 0 aliphatic rings. The van der Waals surface area contributed by atoms with Gasteiger partial charge in [-0.25, -0.2) is 17.8 Å². The van der Waals surface area contributed by atoms with Crippen LogP contribution in [-0.4, -0.2) is 19.2 Å². The number of pyridine rings is 1. The van der Waals surface area contributed by atoms with Crippen LogP contribution in [0.3, 0.4) is 0 Å². The number of hydrogen-bond acceptors (Lipinski definition) is 4. The summed E-state index contributed by atoms with van der Waals surface area (Å²) in [6.45, 7) is 1.94. The molecule has 2 aromatic rings. The summed E-state index contributed by atoms with van der Waals surface area (Å²) in [5.74, 6) is 0.331. The molecule has 7 heteroatoms. The van der Waals surface area contributed by atoms with Crippen LogP contribution in [0.2, 0.25) is 0 Å². The third-order valence-electron chi connectivity index (χ3n) is 2.92. The van der Waals surface area contributed by atoms with Crippen molar-refractivity contribution in [2.24, 2.45) is 0 Å². The number of halogens is 1. The number of anilines is 3. The summed E-state index contributed by atoms with van der Waals surface area (Å²) >= 11 is 0. The van der Waals surface area contributed by atoms with Gasteiger partial charge in [-0.2, -0.15) is 0 Å². The van der Waals surface area contributed by atoms with E-state index in [1.54, 1.807) is 24.3 Å². The summed E-state index contributed by atoms with van der Waals surface area (Å²) in [4.78, 5) is 4.13. The third-order valence-corrected chi connectivity index (χ3v) is 4.29. The second-order valence-corrected chi connectivity index (χ2v) is 6.68. The smallest absolute Gasteiger partial charge is 0.232 e. The van der Waals surface area contributed by atoms with E-state index in [4.69, 9.17) is 0 Å². The highest BCUT2D eigenvalue weighted by Crippen LogP contribution is 2.17. The van der Waals surface area contributed by atoms with Crippen molar-refractivity contribution in [3.8, 4) is 0 Å². The first-order valence-electron chi connectivity index (χ1n) is 6.97. The van der Waals surface area contributed by atoms with E-state index in [-0.39, 0.29) is 11.6 Å². The highest BCUT2D eigenvalue weighted by Gasteiger charge is 2.09. The minimum atomic E-state index is -3.33.